The highest BCUT2D eigenvalue weighted by Crippen LogP contribution is 2.16. The third kappa shape index (κ3) is 1.32. The van der Waals surface area contributed by atoms with Gasteiger partial charge in [-0.25, -0.2) is 0 Å². The fourth-order valence-corrected chi connectivity index (χ4v) is 1.71. The lowest BCUT2D eigenvalue weighted by Crippen LogP contribution is -2.29. The number of nitrogens with one attached hydrogen (secondary N) is 1. The van der Waals surface area contributed by atoms with E-state index in [1.165, 1.54) is 11.4 Å². The highest BCUT2D eigenvalue weighted by atomic mass is 14.9. The maximum Gasteiger partial charge on any atom is 0.0634 e. The third-order valence-electron chi connectivity index (χ3n) is 2.23. The molecule has 0 radical (unpaired) electrons. The van der Waals surface area contributed by atoms with Gasteiger partial charge >= 0.3 is 0 Å². The Morgan fingerprint density at radius 3 is 2.42 bits per heavy atom. The van der Waals surface area contributed by atoms with E-state index in [-0.39, 0.29) is 0 Å². The van der Waals surface area contributed by atoms with Gasteiger partial charge in [0.1, 0.15) is 0 Å². The molecule has 0 aliphatic heterocycles. The Hall–Kier alpha value is -0.960. The molecule has 0 saturated carbocycles. The minimum Gasteiger partial charge on any atom is -0.313 e. The molecule has 1 aliphatic carbocycles. The zero-order valence-corrected chi connectivity index (χ0v) is 7.25. The van der Waals surface area contributed by atoms with Crippen molar-refractivity contribution in [3.63, 3.8) is 0 Å². The summed E-state index contributed by atoms with van der Waals surface area (Å²) in [5, 5.41) is 3.41. The fourth-order valence-electron chi connectivity index (χ4n) is 1.71. The predicted molar refractivity (Wildman–Crippen MR) is 46.9 cm³/mol. The Morgan fingerprint density at radius 2 is 1.92 bits per heavy atom. The van der Waals surface area contributed by atoms with Crippen molar-refractivity contribution in [1.29, 1.82) is 0 Å². The number of aromatic nitrogens is 2. The molecule has 1 aromatic heterocycles. The molecule has 64 valence electrons. The first-order valence-corrected chi connectivity index (χ1v) is 4.42. The van der Waals surface area contributed by atoms with Gasteiger partial charge in [-0.1, -0.05) is 6.92 Å². The summed E-state index contributed by atoms with van der Waals surface area (Å²) in [6.07, 6.45) is 5.62. The van der Waals surface area contributed by atoms with Crippen LogP contribution in [-0.2, 0) is 12.8 Å². The maximum atomic E-state index is 4.29. The van der Waals surface area contributed by atoms with Crippen molar-refractivity contribution in [3.05, 3.63) is 23.8 Å². The summed E-state index contributed by atoms with van der Waals surface area (Å²) in [7, 11) is 0. The van der Waals surface area contributed by atoms with Crippen LogP contribution < -0.4 is 5.32 Å². The van der Waals surface area contributed by atoms with Gasteiger partial charge in [0, 0.05) is 31.3 Å². The van der Waals surface area contributed by atoms with Crippen molar-refractivity contribution in [2.24, 2.45) is 0 Å². The Bertz CT molecular complexity index is 247. The molecule has 0 aromatic carbocycles. The van der Waals surface area contributed by atoms with Crippen molar-refractivity contribution < 1.29 is 0 Å². The Morgan fingerprint density at radius 1 is 1.33 bits per heavy atom. The van der Waals surface area contributed by atoms with Crippen LogP contribution in [0.15, 0.2) is 12.4 Å². The van der Waals surface area contributed by atoms with Gasteiger partial charge in [-0.15, -0.1) is 0 Å². The Labute approximate surface area is 72.2 Å². The average Bonchev–Trinajstić information content (AvgIpc) is 2.47. The van der Waals surface area contributed by atoms with Gasteiger partial charge in [0.2, 0.25) is 0 Å². The number of fused-ring (bicyclic) bond motifs is 1. The molecule has 1 heterocycles. The van der Waals surface area contributed by atoms with Crippen molar-refractivity contribution in [2.75, 3.05) is 6.54 Å². The zero-order chi connectivity index (χ0) is 8.39. The van der Waals surface area contributed by atoms with Crippen molar-refractivity contribution >= 4 is 0 Å². The van der Waals surface area contributed by atoms with E-state index in [4.69, 9.17) is 0 Å². The van der Waals surface area contributed by atoms with E-state index in [9.17, 15) is 0 Å². The van der Waals surface area contributed by atoms with Crippen LogP contribution in [0.1, 0.15) is 18.3 Å². The predicted octanol–water partition coefficient (Wildman–Crippen LogP) is 0.553. The highest BCUT2D eigenvalue weighted by Gasteiger charge is 2.21. The zero-order valence-electron chi connectivity index (χ0n) is 7.25. The van der Waals surface area contributed by atoms with Gasteiger partial charge in [-0.05, 0) is 6.54 Å². The smallest absolute Gasteiger partial charge is 0.0634 e. The second kappa shape index (κ2) is 3.19. The van der Waals surface area contributed by atoms with Gasteiger partial charge in [0.05, 0.1) is 11.4 Å². The monoisotopic (exact) mass is 163 g/mol. The molecular weight excluding hydrogens is 150 g/mol. The van der Waals surface area contributed by atoms with E-state index in [2.05, 4.69) is 22.2 Å². The lowest BCUT2D eigenvalue weighted by Gasteiger charge is -2.07. The van der Waals surface area contributed by atoms with Gasteiger partial charge < -0.3 is 5.32 Å². The number of likely N-dealkylation sites (N-methyl/N-ethyl adjacent to an activating group) is 1. The number of rotatable bonds is 2. The summed E-state index contributed by atoms with van der Waals surface area (Å²) in [4.78, 5) is 8.58. The SMILES string of the molecule is CCNC1Cc2nccnc2C1. The molecule has 3 nitrogen and oxygen atoms in total. The second-order valence-electron chi connectivity index (χ2n) is 3.11. The first-order valence-electron chi connectivity index (χ1n) is 4.42. The summed E-state index contributed by atoms with van der Waals surface area (Å²) in [6.45, 7) is 3.16. The minimum absolute atomic E-state index is 0.562. The first kappa shape index (κ1) is 7.68. The lowest BCUT2D eigenvalue weighted by molar-refractivity contribution is 0.548. The molecule has 1 aromatic rings. The molecule has 12 heavy (non-hydrogen) atoms. The Kier molecular flexibility index (Phi) is 2.04. The van der Waals surface area contributed by atoms with Crippen LogP contribution in [0, 0.1) is 0 Å². The quantitative estimate of drug-likeness (QED) is 0.692. The summed E-state index contributed by atoms with van der Waals surface area (Å²) in [6, 6.07) is 0.562. The van der Waals surface area contributed by atoms with E-state index < -0.39 is 0 Å². The van der Waals surface area contributed by atoms with Gasteiger partial charge in [-0.2, -0.15) is 0 Å². The molecule has 1 aliphatic rings. The Balaban J connectivity index is 2.11. The molecule has 0 unspecified atom stereocenters. The van der Waals surface area contributed by atoms with Crippen LogP contribution in [0.25, 0.3) is 0 Å². The largest absolute Gasteiger partial charge is 0.313 e. The van der Waals surface area contributed by atoms with Crippen molar-refractivity contribution in [3.8, 4) is 0 Å². The van der Waals surface area contributed by atoms with Crippen LogP contribution in [0.3, 0.4) is 0 Å². The van der Waals surface area contributed by atoms with E-state index in [1.54, 1.807) is 12.4 Å². The molecular formula is C9H13N3. The average molecular weight is 163 g/mol. The van der Waals surface area contributed by atoms with E-state index >= 15 is 0 Å². The van der Waals surface area contributed by atoms with Gasteiger partial charge in [0.25, 0.3) is 0 Å². The lowest BCUT2D eigenvalue weighted by atomic mass is 10.2. The van der Waals surface area contributed by atoms with E-state index in [1.807, 2.05) is 0 Å². The van der Waals surface area contributed by atoms with Crippen LogP contribution in [0.5, 0.6) is 0 Å². The van der Waals surface area contributed by atoms with Crippen molar-refractivity contribution in [1.82, 2.24) is 15.3 Å². The van der Waals surface area contributed by atoms with Crippen LogP contribution >= 0.6 is 0 Å². The second-order valence-corrected chi connectivity index (χ2v) is 3.11. The molecule has 1 N–H and O–H groups in total. The molecule has 0 atom stereocenters. The fraction of sp³-hybridized carbons (Fsp3) is 0.556. The van der Waals surface area contributed by atoms with E-state index in [0.717, 1.165) is 19.4 Å². The third-order valence-corrected chi connectivity index (χ3v) is 2.23. The van der Waals surface area contributed by atoms with Crippen LogP contribution in [0.4, 0.5) is 0 Å². The molecule has 0 amide bonds. The number of nitrogens with zero attached hydrogens (tertiary/aromatic N) is 2. The first-order chi connectivity index (χ1) is 5.90. The van der Waals surface area contributed by atoms with Crippen molar-refractivity contribution in [2.45, 2.75) is 25.8 Å². The molecule has 0 fully saturated rings. The van der Waals surface area contributed by atoms with Crippen LogP contribution in [0.2, 0.25) is 0 Å². The summed E-state index contributed by atoms with van der Waals surface area (Å²) < 4.78 is 0. The number of hydrogen-bond acceptors (Lipinski definition) is 3. The van der Waals surface area contributed by atoms with Gasteiger partial charge in [0.15, 0.2) is 0 Å². The molecule has 0 spiro atoms. The van der Waals surface area contributed by atoms with Gasteiger partial charge in [-0.3, -0.25) is 9.97 Å². The standard InChI is InChI=1S/C9H13N3/c1-2-10-7-5-8-9(6-7)12-4-3-11-8/h3-4,7,10H,2,5-6H2,1H3. The normalized spacial score (nSPS) is 16.4. The number of hydrogen-bond donors (Lipinski definition) is 1. The summed E-state index contributed by atoms with van der Waals surface area (Å²) in [5.74, 6) is 0. The minimum atomic E-state index is 0.562. The topological polar surface area (TPSA) is 37.8 Å². The summed E-state index contributed by atoms with van der Waals surface area (Å²) in [5.41, 5.74) is 2.34. The highest BCUT2D eigenvalue weighted by molar-refractivity contribution is 5.19. The molecule has 0 bridgehead atoms. The van der Waals surface area contributed by atoms with Crippen LogP contribution in [-0.4, -0.2) is 22.6 Å². The summed E-state index contributed by atoms with van der Waals surface area (Å²) >= 11 is 0. The van der Waals surface area contributed by atoms with E-state index in [0.29, 0.717) is 6.04 Å². The molecule has 0 saturated heterocycles. The molecule has 2 rings (SSSR count). The maximum absolute atomic E-state index is 4.29. The molecule has 3 heteroatoms.